The van der Waals surface area contributed by atoms with Crippen LogP contribution in [0, 0.1) is 0 Å². The number of ether oxygens (including phenoxy) is 1. The van der Waals surface area contributed by atoms with E-state index in [1.807, 2.05) is 0 Å². The molecule has 1 saturated heterocycles. The summed E-state index contributed by atoms with van der Waals surface area (Å²) in [7, 11) is 0. The minimum absolute atomic E-state index is 0.0524. The number of aromatic carboxylic acids is 1. The molecule has 0 aliphatic carbocycles. The van der Waals surface area contributed by atoms with E-state index >= 15 is 0 Å². The number of hydrogen-bond donors (Lipinski definition) is 3. The van der Waals surface area contributed by atoms with Crippen molar-refractivity contribution >= 4 is 23.3 Å². The van der Waals surface area contributed by atoms with Gasteiger partial charge in [-0.15, -0.1) is 0 Å². The first-order chi connectivity index (χ1) is 10.0. The van der Waals surface area contributed by atoms with Gasteiger partial charge in [-0.1, -0.05) is 6.07 Å². The van der Waals surface area contributed by atoms with Gasteiger partial charge in [0.25, 0.3) is 0 Å². The van der Waals surface area contributed by atoms with E-state index in [0.717, 1.165) is 0 Å². The predicted molar refractivity (Wildman–Crippen MR) is 78.3 cm³/mol. The third-order valence-electron chi connectivity index (χ3n) is 3.38. The number of carbonyl (C=O) groups is 2. The Morgan fingerprint density at radius 3 is 2.67 bits per heavy atom. The van der Waals surface area contributed by atoms with Crippen molar-refractivity contribution in [3.05, 3.63) is 23.8 Å². The van der Waals surface area contributed by atoms with E-state index in [0.29, 0.717) is 32.0 Å². The predicted octanol–water partition coefficient (Wildman–Crippen LogP) is 0.626. The molecule has 1 fully saturated rings. The molecule has 2 rings (SSSR count). The second kappa shape index (κ2) is 6.45. The number of morpholine rings is 1. The maximum Gasteiger partial charge on any atom is 0.337 e. The molecule has 4 N–H and O–H groups in total. The normalized spacial score (nSPS) is 16.3. The number of amides is 1. The number of rotatable bonds is 4. The summed E-state index contributed by atoms with van der Waals surface area (Å²) in [6, 6.07) is 4.05. The fourth-order valence-corrected chi connectivity index (χ4v) is 2.25. The van der Waals surface area contributed by atoms with Crippen LogP contribution in [0.5, 0.6) is 0 Å². The number of nitrogens with two attached hydrogens (primary N) is 1. The van der Waals surface area contributed by atoms with Gasteiger partial charge in [0.1, 0.15) is 6.04 Å². The Morgan fingerprint density at radius 1 is 1.38 bits per heavy atom. The lowest BCUT2D eigenvalue weighted by Gasteiger charge is -2.30. The number of hydrogen-bond acceptors (Lipinski definition) is 5. The standard InChI is InChI=1S/C14H19N3O4/c1-9(13(18)17-5-7-21-8-6-17)16-12-10(14(19)20)3-2-4-11(12)15/h2-4,9,16H,5-8,15H2,1H3,(H,19,20). The number of nitrogen functional groups attached to an aromatic ring is 1. The van der Waals surface area contributed by atoms with Crippen LogP contribution in [-0.4, -0.2) is 54.2 Å². The Balaban J connectivity index is 2.13. The number of anilines is 2. The molecular weight excluding hydrogens is 274 g/mol. The van der Waals surface area contributed by atoms with Crippen LogP contribution in [0.15, 0.2) is 18.2 Å². The van der Waals surface area contributed by atoms with Crippen LogP contribution in [0.2, 0.25) is 0 Å². The number of para-hydroxylation sites is 1. The van der Waals surface area contributed by atoms with Crippen molar-refractivity contribution in [3.8, 4) is 0 Å². The SMILES string of the molecule is CC(Nc1c(N)cccc1C(=O)O)C(=O)N1CCOCC1. The first-order valence-corrected chi connectivity index (χ1v) is 6.75. The monoisotopic (exact) mass is 293 g/mol. The van der Waals surface area contributed by atoms with E-state index in [-0.39, 0.29) is 17.2 Å². The summed E-state index contributed by atoms with van der Waals surface area (Å²) in [5.74, 6) is -1.19. The lowest BCUT2D eigenvalue weighted by molar-refractivity contribution is -0.135. The third-order valence-corrected chi connectivity index (χ3v) is 3.38. The van der Waals surface area contributed by atoms with Crippen LogP contribution in [0.4, 0.5) is 11.4 Å². The molecule has 0 radical (unpaired) electrons. The van der Waals surface area contributed by atoms with Crippen LogP contribution in [0.3, 0.4) is 0 Å². The van der Waals surface area contributed by atoms with Crippen molar-refractivity contribution in [2.24, 2.45) is 0 Å². The van der Waals surface area contributed by atoms with Gasteiger partial charge in [0.15, 0.2) is 0 Å². The Labute approximate surface area is 122 Å². The second-order valence-corrected chi connectivity index (χ2v) is 4.88. The van der Waals surface area contributed by atoms with Crippen LogP contribution >= 0.6 is 0 Å². The van der Waals surface area contributed by atoms with Crippen molar-refractivity contribution in [2.45, 2.75) is 13.0 Å². The molecule has 1 aliphatic heterocycles. The largest absolute Gasteiger partial charge is 0.478 e. The van der Waals surface area contributed by atoms with Gasteiger partial charge in [-0.25, -0.2) is 4.79 Å². The summed E-state index contributed by atoms with van der Waals surface area (Å²) in [5, 5.41) is 12.1. The number of carboxylic acids is 1. The van der Waals surface area contributed by atoms with Crippen LogP contribution < -0.4 is 11.1 Å². The molecule has 1 atom stereocenters. The average molecular weight is 293 g/mol. The molecule has 0 aromatic heterocycles. The molecule has 1 aromatic carbocycles. The van der Waals surface area contributed by atoms with Crippen molar-refractivity contribution in [3.63, 3.8) is 0 Å². The molecule has 1 aromatic rings. The van der Waals surface area contributed by atoms with Gasteiger partial charge in [-0.2, -0.15) is 0 Å². The molecule has 114 valence electrons. The van der Waals surface area contributed by atoms with Crippen molar-refractivity contribution in [1.82, 2.24) is 4.90 Å². The van der Waals surface area contributed by atoms with Crippen molar-refractivity contribution < 1.29 is 19.4 Å². The van der Waals surface area contributed by atoms with Crippen LogP contribution in [0.1, 0.15) is 17.3 Å². The molecule has 0 bridgehead atoms. The highest BCUT2D eigenvalue weighted by molar-refractivity contribution is 5.99. The van der Waals surface area contributed by atoms with E-state index in [9.17, 15) is 14.7 Å². The van der Waals surface area contributed by atoms with Gasteiger partial charge in [-0.05, 0) is 19.1 Å². The van der Waals surface area contributed by atoms with Gasteiger partial charge in [0, 0.05) is 13.1 Å². The van der Waals surface area contributed by atoms with Gasteiger partial charge >= 0.3 is 5.97 Å². The minimum atomic E-state index is -1.09. The van der Waals surface area contributed by atoms with E-state index in [1.54, 1.807) is 24.0 Å². The Kier molecular flexibility index (Phi) is 4.64. The lowest BCUT2D eigenvalue weighted by atomic mass is 10.1. The molecule has 1 heterocycles. The molecule has 7 heteroatoms. The zero-order chi connectivity index (χ0) is 15.4. The first kappa shape index (κ1) is 15.1. The minimum Gasteiger partial charge on any atom is -0.478 e. The summed E-state index contributed by atoms with van der Waals surface area (Å²) in [4.78, 5) is 25.2. The van der Waals surface area contributed by atoms with Crippen LogP contribution in [0.25, 0.3) is 0 Å². The summed E-state index contributed by atoms with van der Waals surface area (Å²) in [5.41, 5.74) is 6.45. The van der Waals surface area contributed by atoms with Crippen molar-refractivity contribution in [2.75, 3.05) is 37.4 Å². The van der Waals surface area contributed by atoms with E-state index < -0.39 is 12.0 Å². The molecular formula is C14H19N3O4. The highest BCUT2D eigenvalue weighted by atomic mass is 16.5. The molecule has 1 amide bonds. The van der Waals surface area contributed by atoms with E-state index in [4.69, 9.17) is 10.5 Å². The second-order valence-electron chi connectivity index (χ2n) is 4.88. The Bertz CT molecular complexity index is 541. The van der Waals surface area contributed by atoms with Gasteiger partial charge in [-0.3, -0.25) is 4.79 Å². The first-order valence-electron chi connectivity index (χ1n) is 6.75. The number of nitrogens with zero attached hydrogens (tertiary/aromatic N) is 1. The van der Waals surface area contributed by atoms with Gasteiger partial charge in [0.05, 0.1) is 30.2 Å². The zero-order valence-electron chi connectivity index (χ0n) is 11.8. The molecule has 1 unspecified atom stereocenters. The van der Waals surface area contributed by atoms with Gasteiger partial charge < -0.3 is 25.8 Å². The quantitative estimate of drug-likeness (QED) is 0.703. The molecule has 0 saturated carbocycles. The maximum absolute atomic E-state index is 12.3. The number of benzene rings is 1. The molecule has 21 heavy (non-hydrogen) atoms. The highest BCUT2D eigenvalue weighted by Crippen LogP contribution is 2.24. The molecule has 7 nitrogen and oxygen atoms in total. The molecule has 1 aliphatic rings. The summed E-state index contributed by atoms with van der Waals surface area (Å²) < 4.78 is 5.21. The average Bonchev–Trinajstić information content (AvgIpc) is 2.49. The number of carbonyl (C=O) groups excluding carboxylic acids is 1. The van der Waals surface area contributed by atoms with Crippen LogP contribution in [-0.2, 0) is 9.53 Å². The van der Waals surface area contributed by atoms with E-state index in [1.165, 1.54) is 6.07 Å². The smallest absolute Gasteiger partial charge is 0.337 e. The number of nitrogens with one attached hydrogen (secondary N) is 1. The highest BCUT2D eigenvalue weighted by Gasteiger charge is 2.24. The number of carboxylic acid groups (broad SMARTS) is 1. The Hall–Kier alpha value is -2.28. The fourth-order valence-electron chi connectivity index (χ4n) is 2.25. The Morgan fingerprint density at radius 2 is 2.05 bits per heavy atom. The van der Waals surface area contributed by atoms with Gasteiger partial charge in [0.2, 0.25) is 5.91 Å². The molecule has 0 spiro atoms. The topological polar surface area (TPSA) is 105 Å². The van der Waals surface area contributed by atoms with E-state index in [2.05, 4.69) is 5.32 Å². The summed E-state index contributed by atoms with van der Waals surface area (Å²) in [6.07, 6.45) is 0. The fraction of sp³-hybridized carbons (Fsp3) is 0.429. The zero-order valence-corrected chi connectivity index (χ0v) is 11.8. The third kappa shape index (κ3) is 3.43. The lowest BCUT2D eigenvalue weighted by Crippen LogP contribution is -2.47. The maximum atomic E-state index is 12.3. The summed E-state index contributed by atoms with van der Waals surface area (Å²) >= 11 is 0. The van der Waals surface area contributed by atoms with Crippen molar-refractivity contribution in [1.29, 1.82) is 0 Å². The summed E-state index contributed by atoms with van der Waals surface area (Å²) in [6.45, 7) is 3.82.